The van der Waals surface area contributed by atoms with E-state index < -0.39 is 0 Å². The fraction of sp³-hybridized carbons (Fsp3) is 0.273. The topological polar surface area (TPSA) is 29.4 Å². The largest absolute Gasteiger partial charge is 0.299 e. The molecule has 2 nitrogen and oxygen atoms in total. The predicted octanol–water partition coefficient (Wildman–Crippen LogP) is 5.68. The summed E-state index contributed by atoms with van der Waals surface area (Å²) in [6.45, 7) is 7.78. The third kappa shape index (κ3) is 4.10. The molecule has 128 valence electrons. The van der Waals surface area contributed by atoms with E-state index in [-0.39, 0.29) is 11.0 Å². The fourth-order valence-electron chi connectivity index (χ4n) is 2.77. The fourth-order valence-corrected chi connectivity index (χ4v) is 3.71. The van der Waals surface area contributed by atoms with Crippen LogP contribution >= 0.6 is 11.8 Å². The van der Waals surface area contributed by atoms with Gasteiger partial charge in [0.15, 0.2) is 0 Å². The van der Waals surface area contributed by atoms with E-state index in [0.29, 0.717) is 0 Å². The van der Waals surface area contributed by atoms with Gasteiger partial charge < -0.3 is 0 Å². The number of hydrogen-bond donors (Lipinski definition) is 0. The first-order valence-electron chi connectivity index (χ1n) is 8.56. The average molecular weight is 349 g/mol. The van der Waals surface area contributed by atoms with Gasteiger partial charge in [0.2, 0.25) is 0 Å². The number of hydrogen-bond acceptors (Lipinski definition) is 3. The Hall–Kier alpha value is -2.13. The van der Waals surface area contributed by atoms with Crippen LogP contribution in [-0.2, 0) is 4.79 Å². The summed E-state index contributed by atoms with van der Waals surface area (Å²) in [6.07, 6.45) is 0.786. The summed E-state index contributed by atoms with van der Waals surface area (Å²) in [7, 11) is 0. The van der Waals surface area contributed by atoms with Crippen molar-refractivity contribution in [2.45, 2.75) is 39.4 Å². The van der Waals surface area contributed by atoms with E-state index in [1.54, 1.807) is 18.7 Å². The van der Waals surface area contributed by atoms with Crippen LogP contribution < -0.4 is 0 Å². The van der Waals surface area contributed by atoms with Crippen LogP contribution in [-0.4, -0.2) is 16.1 Å². The van der Waals surface area contributed by atoms with Gasteiger partial charge in [0.25, 0.3) is 0 Å². The minimum absolute atomic E-state index is 0.0598. The van der Waals surface area contributed by atoms with Crippen molar-refractivity contribution in [2.24, 2.45) is 4.99 Å². The molecule has 0 radical (unpaired) electrons. The predicted molar refractivity (Wildman–Crippen MR) is 109 cm³/mol. The number of aryl methyl sites for hydroxylation is 2. The van der Waals surface area contributed by atoms with Crippen molar-refractivity contribution in [3.8, 4) is 0 Å². The molecule has 0 amide bonds. The van der Waals surface area contributed by atoms with Gasteiger partial charge >= 0.3 is 0 Å². The van der Waals surface area contributed by atoms with E-state index in [2.05, 4.69) is 62.4 Å². The van der Waals surface area contributed by atoms with Crippen molar-refractivity contribution < 1.29 is 4.79 Å². The standard InChI is InChI=1S/C22H23NOS/c1-14-5-9-18(10-6-14)20-13-21(25-17(4)16(3)24)23-22(20)19-11-7-15(2)8-12-19/h5-12,17H,13H2,1-4H3. The Labute approximate surface area is 154 Å². The van der Waals surface area contributed by atoms with Gasteiger partial charge in [-0.2, -0.15) is 0 Å². The summed E-state index contributed by atoms with van der Waals surface area (Å²) in [5, 5.41) is 0.962. The number of Topliss-reactive ketones (excluding diaryl/α,β-unsaturated/α-hetero) is 1. The lowest BCUT2D eigenvalue weighted by Gasteiger charge is -2.08. The number of aliphatic imine (C=N–C) groups is 1. The highest BCUT2D eigenvalue weighted by Gasteiger charge is 2.23. The van der Waals surface area contributed by atoms with Crippen LogP contribution in [0.15, 0.2) is 53.5 Å². The van der Waals surface area contributed by atoms with Gasteiger partial charge in [-0.05, 0) is 38.8 Å². The average Bonchev–Trinajstić information content (AvgIpc) is 3.00. The van der Waals surface area contributed by atoms with Crippen molar-refractivity contribution in [2.75, 3.05) is 0 Å². The summed E-state index contributed by atoms with van der Waals surface area (Å²) >= 11 is 1.58. The molecule has 25 heavy (non-hydrogen) atoms. The Morgan fingerprint density at radius 2 is 1.48 bits per heavy atom. The summed E-state index contributed by atoms with van der Waals surface area (Å²) in [6, 6.07) is 17.1. The van der Waals surface area contributed by atoms with E-state index in [1.165, 1.54) is 22.3 Å². The first kappa shape index (κ1) is 17.7. The minimum Gasteiger partial charge on any atom is -0.299 e. The smallest absolute Gasteiger partial charge is 0.142 e. The van der Waals surface area contributed by atoms with Crippen molar-refractivity contribution in [3.63, 3.8) is 0 Å². The van der Waals surface area contributed by atoms with Crippen LogP contribution in [0, 0.1) is 13.8 Å². The molecule has 3 rings (SSSR count). The third-order valence-electron chi connectivity index (χ3n) is 4.46. The van der Waals surface area contributed by atoms with Crippen LogP contribution in [0.3, 0.4) is 0 Å². The zero-order chi connectivity index (χ0) is 18.0. The summed E-state index contributed by atoms with van der Waals surface area (Å²) < 4.78 is 0. The van der Waals surface area contributed by atoms with Crippen LogP contribution in [0.2, 0.25) is 0 Å². The zero-order valence-electron chi connectivity index (χ0n) is 15.2. The molecule has 1 unspecified atom stereocenters. The second kappa shape index (κ2) is 7.40. The van der Waals surface area contributed by atoms with Gasteiger partial charge in [0, 0.05) is 12.0 Å². The van der Waals surface area contributed by atoms with Gasteiger partial charge in [-0.25, -0.2) is 4.99 Å². The number of benzene rings is 2. The van der Waals surface area contributed by atoms with E-state index in [1.807, 2.05) is 6.92 Å². The first-order valence-corrected chi connectivity index (χ1v) is 9.44. The van der Waals surface area contributed by atoms with Gasteiger partial charge in [-0.1, -0.05) is 71.4 Å². The lowest BCUT2D eigenvalue weighted by atomic mass is 9.98. The Bertz CT molecular complexity index is 845. The highest BCUT2D eigenvalue weighted by Crippen LogP contribution is 2.39. The SMILES string of the molecule is CC(=O)C(C)SC1=NC(c2ccc(C)cc2)=C(c2ccc(C)cc2)C1. The molecule has 2 aromatic rings. The number of allylic oxidation sites excluding steroid dienone is 1. The van der Waals surface area contributed by atoms with Crippen LogP contribution in [0.1, 0.15) is 42.5 Å². The van der Waals surface area contributed by atoms with Crippen molar-refractivity contribution in [1.29, 1.82) is 0 Å². The van der Waals surface area contributed by atoms with E-state index in [9.17, 15) is 4.79 Å². The molecule has 0 spiro atoms. The number of ketones is 1. The number of nitrogens with zero attached hydrogens (tertiary/aromatic N) is 1. The number of carbonyl (C=O) groups excluding carboxylic acids is 1. The van der Waals surface area contributed by atoms with Crippen molar-refractivity contribution in [1.82, 2.24) is 0 Å². The molecular weight excluding hydrogens is 326 g/mol. The number of carbonyl (C=O) groups is 1. The van der Waals surface area contributed by atoms with Crippen LogP contribution in [0.25, 0.3) is 11.3 Å². The molecule has 3 heteroatoms. The molecule has 0 bridgehead atoms. The summed E-state index contributed by atoms with van der Waals surface area (Å²) in [5.41, 5.74) is 7.09. The molecule has 0 N–H and O–H groups in total. The van der Waals surface area contributed by atoms with Crippen molar-refractivity contribution >= 4 is 33.9 Å². The minimum atomic E-state index is -0.0598. The van der Waals surface area contributed by atoms with E-state index in [4.69, 9.17) is 4.99 Å². The quantitative estimate of drug-likeness (QED) is 0.710. The third-order valence-corrected chi connectivity index (χ3v) is 5.65. The monoisotopic (exact) mass is 349 g/mol. The molecule has 1 heterocycles. The second-order valence-corrected chi connectivity index (χ2v) is 8.03. The Morgan fingerprint density at radius 3 is 2.00 bits per heavy atom. The number of thioether (sulfide) groups is 1. The molecule has 0 aliphatic carbocycles. The van der Waals surface area contributed by atoms with E-state index in [0.717, 1.165) is 22.7 Å². The molecule has 0 aromatic heterocycles. The van der Waals surface area contributed by atoms with Gasteiger partial charge in [0.1, 0.15) is 5.78 Å². The molecule has 2 aromatic carbocycles. The highest BCUT2D eigenvalue weighted by molar-refractivity contribution is 8.15. The molecule has 0 saturated heterocycles. The summed E-state index contributed by atoms with van der Waals surface area (Å²) in [5.74, 6) is 0.188. The maximum atomic E-state index is 11.6. The van der Waals surface area contributed by atoms with Gasteiger partial charge in [0.05, 0.1) is 16.0 Å². The summed E-state index contributed by atoms with van der Waals surface area (Å²) in [4.78, 5) is 16.5. The molecule has 1 aliphatic heterocycles. The first-order chi connectivity index (χ1) is 11.9. The maximum absolute atomic E-state index is 11.6. The lowest BCUT2D eigenvalue weighted by molar-refractivity contribution is -0.116. The van der Waals surface area contributed by atoms with Crippen molar-refractivity contribution in [3.05, 3.63) is 70.8 Å². The van der Waals surface area contributed by atoms with E-state index >= 15 is 0 Å². The normalized spacial score (nSPS) is 15.3. The highest BCUT2D eigenvalue weighted by atomic mass is 32.2. The molecule has 0 saturated carbocycles. The Kier molecular flexibility index (Phi) is 5.24. The van der Waals surface area contributed by atoms with Crippen LogP contribution in [0.5, 0.6) is 0 Å². The Balaban J connectivity index is 1.99. The van der Waals surface area contributed by atoms with Gasteiger partial charge in [-0.15, -0.1) is 0 Å². The van der Waals surface area contributed by atoms with Gasteiger partial charge in [-0.3, -0.25) is 4.79 Å². The van der Waals surface area contributed by atoms with Crippen LogP contribution in [0.4, 0.5) is 0 Å². The zero-order valence-corrected chi connectivity index (χ0v) is 16.0. The molecule has 1 atom stereocenters. The maximum Gasteiger partial charge on any atom is 0.142 e. The molecule has 0 fully saturated rings. The lowest BCUT2D eigenvalue weighted by Crippen LogP contribution is -2.10. The second-order valence-electron chi connectivity index (χ2n) is 6.61. The number of rotatable bonds is 4. The Morgan fingerprint density at radius 1 is 0.960 bits per heavy atom. The molecular formula is C22H23NOS. The molecule has 1 aliphatic rings.